The SMILES string of the molecule is O=C(Oc1ccc(Cl)cc1)OC(Cn1ccnc1)c1ccc(Cl)cc1Cl. The summed E-state index contributed by atoms with van der Waals surface area (Å²) in [4.78, 5) is 16.2. The Morgan fingerprint density at radius 1 is 1.08 bits per heavy atom. The summed E-state index contributed by atoms with van der Waals surface area (Å²) in [5, 5.41) is 1.42. The van der Waals surface area contributed by atoms with E-state index >= 15 is 0 Å². The largest absolute Gasteiger partial charge is 0.514 e. The Labute approximate surface area is 165 Å². The Morgan fingerprint density at radius 3 is 2.46 bits per heavy atom. The molecule has 0 aliphatic heterocycles. The fraction of sp³-hybridized carbons (Fsp3) is 0.111. The van der Waals surface area contributed by atoms with Gasteiger partial charge in [-0.25, -0.2) is 9.78 Å². The number of nitrogens with zero attached hydrogens (tertiary/aromatic N) is 2. The first-order valence-corrected chi connectivity index (χ1v) is 8.69. The minimum Gasteiger partial charge on any atom is -0.424 e. The molecule has 5 nitrogen and oxygen atoms in total. The monoisotopic (exact) mass is 410 g/mol. The Balaban J connectivity index is 1.78. The zero-order chi connectivity index (χ0) is 18.5. The molecule has 3 rings (SSSR count). The van der Waals surface area contributed by atoms with Crippen LogP contribution in [0.2, 0.25) is 15.1 Å². The van der Waals surface area contributed by atoms with Crippen molar-refractivity contribution in [3.8, 4) is 5.75 Å². The minimum absolute atomic E-state index is 0.317. The van der Waals surface area contributed by atoms with Crippen molar-refractivity contribution in [2.24, 2.45) is 0 Å². The summed E-state index contributed by atoms with van der Waals surface area (Å²) in [5.41, 5.74) is 0.609. The molecular weight excluding hydrogens is 399 g/mol. The summed E-state index contributed by atoms with van der Waals surface area (Å²) in [6.45, 7) is 0.317. The van der Waals surface area contributed by atoms with Crippen molar-refractivity contribution >= 4 is 41.0 Å². The second-order valence-electron chi connectivity index (χ2n) is 5.34. The lowest BCUT2D eigenvalue weighted by atomic mass is 10.1. The van der Waals surface area contributed by atoms with Gasteiger partial charge in [-0.05, 0) is 36.4 Å². The van der Waals surface area contributed by atoms with E-state index < -0.39 is 12.3 Å². The third-order valence-corrected chi connectivity index (χ3v) is 4.31. The topological polar surface area (TPSA) is 53.4 Å². The molecule has 1 atom stereocenters. The minimum atomic E-state index is -0.858. The smallest absolute Gasteiger partial charge is 0.424 e. The van der Waals surface area contributed by atoms with E-state index in [1.165, 1.54) is 0 Å². The van der Waals surface area contributed by atoms with Crippen molar-refractivity contribution in [1.82, 2.24) is 9.55 Å². The number of hydrogen-bond donors (Lipinski definition) is 0. The van der Waals surface area contributed by atoms with Crippen LogP contribution in [0.5, 0.6) is 5.75 Å². The van der Waals surface area contributed by atoms with Crippen molar-refractivity contribution in [1.29, 1.82) is 0 Å². The first kappa shape index (κ1) is 18.6. The van der Waals surface area contributed by atoms with Crippen LogP contribution in [0.15, 0.2) is 61.2 Å². The summed E-state index contributed by atoms with van der Waals surface area (Å²) in [6.07, 6.45) is 3.46. The number of benzene rings is 2. The van der Waals surface area contributed by atoms with Crippen LogP contribution in [-0.2, 0) is 11.3 Å². The number of rotatable bonds is 5. The summed E-state index contributed by atoms with van der Waals surface area (Å²) in [6, 6.07) is 11.4. The molecule has 1 aromatic heterocycles. The van der Waals surface area contributed by atoms with Crippen LogP contribution in [0.25, 0.3) is 0 Å². The second kappa shape index (κ2) is 8.45. The number of hydrogen-bond acceptors (Lipinski definition) is 4. The zero-order valence-corrected chi connectivity index (χ0v) is 15.6. The van der Waals surface area contributed by atoms with E-state index in [0.717, 1.165) is 0 Å². The molecule has 2 aromatic carbocycles. The highest BCUT2D eigenvalue weighted by Gasteiger charge is 2.22. The van der Waals surface area contributed by atoms with Crippen LogP contribution < -0.4 is 4.74 Å². The Hall–Kier alpha value is -2.21. The van der Waals surface area contributed by atoms with E-state index in [2.05, 4.69) is 4.98 Å². The average Bonchev–Trinajstić information content (AvgIpc) is 3.09. The van der Waals surface area contributed by atoms with Crippen LogP contribution in [-0.4, -0.2) is 15.7 Å². The van der Waals surface area contributed by atoms with Crippen molar-refractivity contribution in [2.75, 3.05) is 0 Å². The van der Waals surface area contributed by atoms with Gasteiger partial charge in [0.1, 0.15) is 11.9 Å². The van der Waals surface area contributed by atoms with E-state index in [9.17, 15) is 4.79 Å². The average molecular weight is 412 g/mol. The van der Waals surface area contributed by atoms with Crippen molar-refractivity contribution < 1.29 is 14.3 Å². The number of imidazole rings is 1. The summed E-state index contributed by atoms with van der Waals surface area (Å²) >= 11 is 18.0. The number of carbonyl (C=O) groups is 1. The summed E-state index contributed by atoms with van der Waals surface area (Å²) in [5.74, 6) is 0.322. The third kappa shape index (κ3) is 4.91. The van der Waals surface area contributed by atoms with Crippen LogP contribution >= 0.6 is 34.8 Å². The number of aromatic nitrogens is 2. The fourth-order valence-corrected chi connectivity index (χ4v) is 2.94. The van der Waals surface area contributed by atoms with E-state index in [0.29, 0.717) is 32.9 Å². The predicted molar refractivity (Wildman–Crippen MR) is 100.0 cm³/mol. The number of carbonyl (C=O) groups excluding carboxylic acids is 1. The first-order valence-electron chi connectivity index (χ1n) is 7.56. The molecule has 8 heteroatoms. The van der Waals surface area contributed by atoms with Crippen LogP contribution in [0, 0.1) is 0 Å². The first-order chi connectivity index (χ1) is 12.5. The highest BCUT2D eigenvalue weighted by molar-refractivity contribution is 6.35. The molecule has 0 fully saturated rings. The molecule has 0 saturated carbocycles. The van der Waals surface area contributed by atoms with Crippen LogP contribution in [0.4, 0.5) is 4.79 Å². The van der Waals surface area contributed by atoms with Gasteiger partial charge in [0, 0.05) is 33.0 Å². The summed E-state index contributed by atoms with van der Waals surface area (Å²) in [7, 11) is 0. The van der Waals surface area contributed by atoms with E-state index in [1.54, 1.807) is 65.8 Å². The summed E-state index contributed by atoms with van der Waals surface area (Å²) < 4.78 is 12.5. The molecule has 0 aliphatic rings. The molecule has 26 heavy (non-hydrogen) atoms. The molecule has 3 aromatic rings. The van der Waals surface area contributed by atoms with E-state index in [1.807, 2.05) is 0 Å². The van der Waals surface area contributed by atoms with Gasteiger partial charge in [-0.3, -0.25) is 0 Å². The predicted octanol–water partition coefficient (Wildman–Crippen LogP) is 5.80. The number of halogens is 3. The third-order valence-electron chi connectivity index (χ3n) is 3.50. The van der Waals surface area contributed by atoms with E-state index in [-0.39, 0.29) is 0 Å². The van der Waals surface area contributed by atoms with Crippen molar-refractivity contribution in [3.05, 3.63) is 81.8 Å². The molecule has 1 heterocycles. The molecule has 0 saturated heterocycles. The molecule has 1 unspecified atom stereocenters. The maximum absolute atomic E-state index is 12.2. The zero-order valence-electron chi connectivity index (χ0n) is 13.3. The van der Waals surface area contributed by atoms with E-state index in [4.69, 9.17) is 44.3 Å². The van der Waals surface area contributed by atoms with Gasteiger partial charge in [-0.1, -0.05) is 40.9 Å². The quantitative estimate of drug-likeness (QED) is 0.393. The lowest BCUT2D eigenvalue weighted by Gasteiger charge is -2.19. The second-order valence-corrected chi connectivity index (χ2v) is 6.62. The van der Waals surface area contributed by atoms with Gasteiger partial charge in [-0.15, -0.1) is 0 Å². The maximum atomic E-state index is 12.2. The molecule has 0 bridgehead atoms. The molecular formula is C18H13Cl3N2O3. The molecule has 0 amide bonds. The molecule has 134 valence electrons. The Bertz CT molecular complexity index is 883. The van der Waals surface area contributed by atoms with Gasteiger partial charge >= 0.3 is 6.16 Å². The molecule has 0 spiro atoms. The van der Waals surface area contributed by atoms with Gasteiger partial charge in [0.05, 0.1) is 12.9 Å². The highest BCUT2D eigenvalue weighted by atomic mass is 35.5. The van der Waals surface area contributed by atoms with Crippen molar-refractivity contribution in [2.45, 2.75) is 12.6 Å². The van der Waals surface area contributed by atoms with Gasteiger partial charge in [-0.2, -0.15) is 0 Å². The Kier molecular flexibility index (Phi) is 6.04. The van der Waals surface area contributed by atoms with Crippen molar-refractivity contribution in [3.63, 3.8) is 0 Å². The normalized spacial score (nSPS) is 11.8. The maximum Gasteiger partial charge on any atom is 0.514 e. The van der Waals surface area contributed by atoms with Gasteiger partial charge in [0.15, 0.2) is 0 Å². The fourth-order valence-electron chi connectivity index (χ4n) is 2.29. The Morgan fingerprint density at radius 2 is 1.81 bits per heavy atom. The lowest BCUT2D eigenvalue weighted by Crippen LogP contribution is -2.19. The van der Waals surface area contributed by atoms with Gasteiger partial charge in [0.2, 0.25) is 0 Å². The molecule has 0 N–H and O–H groups in total. The van der Waals surface area contributed by atoms with Crippen LogP contribution in [0.1, 0.15) is 11.7 Å². The standard InChI is InChI=1S/C18H13Cl3N2O3/c19-12-1-4-14(5-2-12)25-18(24)26-17(10-23-8-7-22-11-23)15-6-3-13(20)9-16(15)21/h1-9,11,17H,10H2. The van der Waals surface area contributed by atoms with Gasteiger partial charge in [0.25, 0.3) is 0 Å². The molecule has 0 radical (unpaired) electrons. The highest BCUT2D eigenvalue weighted by Crippen LogP contribution is 2.30. The molecule has 0 aliphatic carbocycles. The van der Waals surface area contributed by atoms with Gasteiger partial charge < -0.3 is 14.0 Å². The van der Waals surface area contributed by atoms with Crippen LogP contribution in [0.3, 0.4) is 0 Å². The number of ether oxygens (including phenoxy) is 2. The lowest BCUT2D eigenvalue weighted by molar-refractivity contribution is 0.0501.